The number of amides is 1. The smallest absolute Gasteiger partial charge is 0.256 e. The van der Waals surface area contributed by atoms with E-state index in [0.29, 0.717) is 43.1 Å². The average molecular weight is 489 g/mol. The van der Waals surface area contributed by atoms with Crippen molar-refractivity contribution < 1.29 is 17.9 Å². The zero-order valence-electron chi connectivity index (χ0n) is 17.6. The van der Waals surface area contributed by atoms with Crippen LogP contribution in [0.25, 0.3) is 0 Å². The highest BCUT2D eigenvalue weighted by molar-refractivity contribution is 7.98. The van der Waals surface area contributed by atoms with E-state index >= 15 is 0 Å². The zero-order chi connectivity index (χ0) is 22.6. The summed E-state index contributed by atoms with van der Waals surface area (Å²) in [4.78, 5) is 15.4. The third-order valence-electron chi connectivity index (χ3n) is 5.12. The zero-order valence-corrected chi connectivity index (χ0v) is 20.1. The van der Waals surface area contributed by atoms with Gasteiger partial charge in [-0.05, 0) is 48.2 Å². The summed E-state index contributed by atoms with van der Waals surface area (Å²) in [5, 5.41) is 4.91. The molecule has 2 aromatic carbocycles. The van der Waals surface area contributed by atoms with E-state index in [0.717, 1.165) is 10.6 Å². The second-order valence-electron chi connectivity index (χ2n) is 7.32. The average Bonchev–Trinajstić information content (AvgIpc) is 3.33. The van der Waals surface area contributed by atoms with Gasteiger partial charge in [0, 0.05) is 34.3 Å². The van der Waals surface area contributed by atoms with Crippen LogP contribution in [0.5, 0.6) is 0 Å². The van der Waals surface area contributed by atoms with E-state index in [1.165, 1.54) is 9.18 Å². The normalized spacial score (nSPS) is 14.9. The predicted octanol–water partition coefficient (Wildman–Crippen LogP) is 4.62. The Hall–Kier alpha value is -2.17. The Bertz CT molecular complexity index is 1190. The number of nitrogens with zero attached hydrogens (tertiary/aromatic N) is 1. The number of sulfonamides is 1. The molecule has 1 aromatic heterocycles. The molecule has 6 nitrogen and oxygen atoms in total. The first-order chi connectivity index (χ1) is 15.4. The van der Waals surface area contributed by atoms with Crippen molar-refractivity contribution >= 4 is 44.7 Å². The van der Waals surface area contributed by atoms with E-state index < -0.39 is 10.0 Å². The molecule has 2 heterocycles. The maximum atomic E-state index is 13.1. The standard InChI is InChI=1S/C23H24N2O4S3/c1-17-8-9-18(15-22(17)32(27,28)25-10-12-29-13-11-25)24-23(26)20-6-2-3-7-21(20)31-16-19-5-4-14-30-19/h2-9,14-15H,10-13,16H2,1H3,(H,24,26). The summed E-state index contributed by atoms with van der Waals surface area (Å²) >= 11 is 3.29. The molecule has 9 heteroatoms. The first-order valence-electron chi connectivity index (χ1n) is 10.2. The lowest BCUT2D eigenvalue weighted by atomic mass is 10.2. The van der Waals surface area contributed by atoms with Crippen LogP contribution < -0.4 is 5.32 Å². The first kappa shape index (κ1) is 23.0. The fourth-order valence-electron chi connectivity index (χ4n) is 3.40. The highest BCUT2D eigenvalue weighted by Crippen LogP contribution is 2.29. The van der Waals surface area contributed by atoms with E-state index in [2.05, 4.69) is 11.4 Å². The monoisotopic (exact) mass is 488 g/mol. The maximum Gasteiger partial charge on any atom is 0.256 e. The van der Waals surface area contributed by atoms with Gasteiger partial charge in [-0.2, -0.15) is 4.31 Å². The van der Waals surface area contributed by atoms with Crippen molar-refractivity contribution in [3.05, 3.63) is 76.0 Å². The topological polar surface area (TPSA) is 75.7 Å². The molecule has 0 spiro atoms. The number of aryl methyl sites for hydroxylation is 1. The van der Waals surface area contributed by atoms with Gasteiger partial charge in [0.2, 0.25) is 10.0 Å². The molecule has 0 aliphatic carbocycles. The number of carbonyl (C=O) groups is 1. The summed E-state index contributed by atoms with van der Waals surface area (Å²) in [5.41, 5.74) is 1.65. The van der Waals surface area contributed by atoms with Crippen molar-refractivity contribution in [1.82, 2.24) is 4.31 Å². The number of ether oxygens (including phenoxy) is 1. The van der Waals surface area contributed by atoms with Gasteiger partial charge >= 0.3 is 0 Å². The number of thiophene rings is 1. The van der Waals surface area contributed by atoms with Crippen molar-refractivity contribution in [2.45, 2.75) is 22.5 Å². The predicted molar refractivity (Wildman–Crippen MR) is 129 cm³/mol. The minimum atomic E-state index is -3.66. The van der Waals surface area contributed by atoms with E-state index in [4.69, 9.17) is 4.74 Å². The molecule has 3 aromatic rings. The number of hydrogen-bond acceptors (Lipinski definition) is 6. The molecule has 0 unspecified atom stereocenters. The number of anilines is 1. The Labute approximate surface area is 196 Å². The SMILES string of the molecule is Cc1ccc(NC(=O)c2ccccc2SCc2cccs2)cc1S(=O)(=O)N1CCOCC1. The number of nitrogens with one attached hydrogen (secondary N) is 1. The summed E-state index contributed by atoms with van der Waals surface area (Å²) in [7, 11) is -3.66. The van der Waals surface area contributed by atoms with Crippen LogP contribution in [0, 0.1) is 6.92 Å². The third-order valence-corrected chi connectivity index (χ3v) is 9.34. The van der Waals surface area contributed by atoms with E-state index in [-0.39, 0.29) is 10.8 Å². The van der Waals surface area contributed by atoms with E-state index in [1.54, 1.807) is 54.3 Å². The highest BCUT2D eigenvalue weighted by Gasteiger charge is 2.28. The molecule has 168 valence electrons. The summed E-state index contributed by atoms with van der Waals surface area (Å²) in [5.74, 6) is 0.520. The largest absolute Gasteiger partial charge is 0.379 e. The highest BCUT2D eigenvalue weighted by atomic mass is 32.2. The Morgan fingerprint density at radius 3 is 2.66 bits per heavy atom. The quantitative estimate of drug-likeness (QED) is 0.491. The lowest BCUT2D eigenvalue weighted by Gasteiger charge is -2.26. The lowest BCUT2D eigenvalue weighted by molar-refractivity contribution is 0.0730. The number of morpholine rings is 1. The summed E-state index contributed by atoms with van der Waals surface area (Å²) in [6.07, 6.45) is 0. The minimum Gasteiger partial charge on any atom is -0.379 e. The van der Waals surface area contributed by atoms with Gasteiger partial charge < -0.3 is 10.1 Å². The molecule has 1 fully saturated rings. The molecule has 32 heavy (non-hydrogen) atoms. The van der Waals surface area contributed by atoms with Gasteiger partial charge in [-0.3, -0.25) is 4.79 Å². The molecule has 0 atom stereocenters. The molecular weight excluding hydrogens is 464 g/mol. The molecule has 0 radical (unpaired) electrons. The van der Waals surface area contributed by atoms with E-state index in [1.807, 2.05) is 29.6 Å². The number of benzene rings is 2. The van der Waals surface area contributed by atoms with Crippen molar-refractivity contribution in [3.8, 4) is 0 Å². The number of thioether (sulfide) groups is 1. The number of rotatable bonds is 7. The van der Waals surface area contributed by atoms with Crippen LogP contribution in [0.3, 0.4) is 0 Å². The van der Waals surface area contributed by atoms with Crippen LogP contribution in [0.4, 0.5) is 5.69 Å². The van der Waals surface area contributed by atoms with Crippen LogP contribution in [-0.2, 0) is 20.5 Å². The maximum absolute atomic E-state index is 13.1. The van der Waals surface area contributed by atoms with Crippen molar-refractivity contribution in [3.63, 3.8) is 0 Å². The number of carbonyl (C=O) groups excluding carboxylic acids is 1. The Morgan fingerprint density at radius 1 is 1.12 bits per heavy atom. The second-order valence-corrected chi connectivity index (χ2v) is 11.3. The van der Waals surface area contributed by atoms with Crippen molar-refractivity contribution in [2.75, 3.05) is 31.6 Å². The molecule has 1 N–H and O–H groups in total. The van der Waals surface area contributed by atoms with Crippen molar-refractivity contribution in [1.29, 1.82) is 0 Å². The summed E-state index contributed by atoms with van der Waals surface area (Å²) in [6, 6.07) is 16.5. The van der Waals surface area contributed by atoms with Crippen LogP contribution in [-0.4, -0.2) is 44.9 Å². The molecule has 1 saturated heterocycles. The Balaban J connectivity index is 1.54. The van der Waals surface area contributed by atoms with Gasteiger partial charge in [0.25, 0.3) is 5.91 Å². The minimum absolute atomic E-state index is 0.206. The second kappa shape index (κ2) is 10.2. The summed E-state index contributed by atoms with van der Waals surface area (Å²) in [6.45, 7) is 3.18. The van der Waals surface area contributed by atoms with E-state index in [9.17, 15) is 13.2 Å². The van der Waals surface area contributed by atoms with Gasteiger partial charge in [0.1, 0.15) is 0 Å². The van der Waals surface area contributed by atoms with Gasteiger partial charge in [0.05, 0.1) is 23.7 Å². The van der Waals surface area contributed by atoms with Crippen LogP contribution in [0.2, 0.25) is 0 Å². The van der Waals surface area contributed by atoms with Gasteiger partial charge in [0.15, 0.2) is 0 Å². The van der Waals surface area contributed by atoms with Crippen LogP contribution in [0.1, 0.15) is 20.8 Å². The molecule has 0 bridgehead atoms. The Morgan fingerprint density at radius 2 is 1.91 bits per heavy atom. The molecule has 0 saturated carbocycles. The molecule has 1 amide bonds. The fourth-order valence-corrected chi connectivity index (χ4v) is 6.89. The Kier molecular flexibility index (Phi) is 7.32. The number of hydrogen-bond donors (Lipinski definition) is 1. The van der Waals surface area contributed by atoms with Gasteiger partial charge in [-0.1, -0.05) is 24.3 Å². The van der Waals surface area contributed by atoms with Gasteiger partial charge in [-0.15, -0.1) is 23.1 Å². The molecule has 4 rings (SSSR count). The van der Waals surface area contributed by atoms with Crippen LogP contribution >= 0.6 is 23.1 Å². The van der Waals surface area contributed by atoms with Crippen LogP contribution in [0.15, 0.2) is 69.8 Å². The fraction of sp³-hybridized carbons (Fsp3) is 0.261. The van der Waals surface area contributed by atoms with Crippen molar-refractivity contribution in [2.24, 2.45) is 0 Å². The summed E-state index contributed by atoms with van der Waals surface area (Å²) < 4.78 is 33.0. The lowest BCUT2D eigenvalue weighted by Crippen LogP contribution is -2.40. The first-order valence-corrected chi connectivity index (χ1v) is 13.5. The molecule has 1 aliphatic heterocycles. The molecule has 1 aliphatic rings. The van der Waals surface area contributed by atoms with Gasteiger partial charge in [-0.25, -0.2) is 8.42 Å². The molecular formula is C23H24N2O4S3. The third kappa shape index (κ3) is 5.24.